The highest BCUT2D eigenvalue weighted by Crippen LogP contribution is 2.43. The molecule has 0 saturated heterocycles. The van der Waals surface area contributed by atoms with E-state index in [2.05, 4.69) is 99.0 Å². The number of nitrogens with zero attached hydrogens (tertiary/aromatic N) is 1. The summed E-state index contributed by atoms with van der Waals surface area (Å²) in [5, 5.41) is 3.07. The van der Waals surface area contributed by atoms with E-state index >= 15 is 0 Å². The van der Waals surface area contributed by atoms with Crippen molar-refractivity contribution < 1.29 is 37.3 Å². The summed E-state index contributed by atoms with van der Waals surface area (Å²) in [7, 11) is 1.49. The van der Waals surface area contributed by atoms with Crippen LogP contribution in [-0.4, -0.2) is 74.3 Å². The molecule has 0 aliphatic heterocycles. The Kier molecular flexibility index (Phi) is 62.1. The summed E-state index contributed by atoms with van der Waals surface area (Å²) in [4.78, 5) is 37.9. The number of allylic oxidation sites excluding steroid dienone is 13. The van der Waals surface area contributed by atoms with Gasteiger partial charge in [0.2, 0.25) is 5.91 Å². The van der Waals surface area contributed by atoms with Crippen molar-refractivity contribution in [3.05, 3.63) is 85.1 Å². The molecule has 0 radical (unpaired) electrons. The minimum atomic E-state index is -4.46. The molecule has 0 bridgehead atoms. The summed E-state index contributed by atoms with van der Waals surface area (Å²) in [5.74, 6) is -0.506. The SMILES string of the molecule is CCCCC/C=C\C/C=C\C/C=C\C/C=C\CCCCCCCCCCCCCC(=O)OC(/C=C\CCCCCCCCCCCCC)C(COP(=O)(O)OCC[N+](C)(C)C)NC(=O)CCCCCCCCCCC/C=C\C/C=C\CCCCC. The molecule has 9 nitrogen and oxygen atoms in total. The van der Waals surface area contributed by atoms with Gasteiger partial charge in [-0.2, -0.15) is 0 Å². The van der Waals surface area contributed by atoms with Gasteiger partial charge in [0.1, 0.15) is 19.3 Å². The number of amides is 1. The number of hydrogen-bond acceptors (Lipinski definition) is 6. The third-order valence-corrected chi connectivity index (χ3v) is 16.8. The number of hydrogen-bond donors (Lipinski definition) is 2. The number of likely N-dealkylation sites (N-methyl/N-ethyl adjacent to an activating group) is 1. The van der Waals surface area contributed by atoms with Crippen molar-refractivity contribution in [1.29, 1.82) is 0 Å². The molecule has 85 heavy (non-hydrogen) atoms. The molecule has 0 fully saturated rings. The van der Waals surface area contributed by atoms with Crippen molar-refractivity contribution >= 4 is 19.7 Å². The number of carbonyl (C=O) groups excluding carboxylic acids is 2. The highest BCUT2D eigenvalue weighted by molar-refractivity contribution is 7.47. The molecule has 494 valence electrons. The monoisotopic (exact) mass is 1210 g/mol. The Labute approximate surface area is 526 Å². The lowest BCUT2D eigenvalue weighted by molar-refractivity contribution is -0.870. The van der Waals surface area contributed by atoms with Gasteiger partial charge in [0.05, 0.1) is 33.8 Å². The number of nitrogens with one attached hydrogen (secondary N) is 1. The molecule has 0 heterocycles. The molecular weight excluding hydrogens is 1070 g/mol. The molecule has 0 aliphatic rings. The van der Waals surface area contributed by atoms with Crippen LogP contribution in [0.25, 0.3) is 0 Å². The first-order valence-electron chi connectivity index (χ1n) is 35.9. The molecule has 0 rings (SSSR count). The van der Waals surface area contributed by atoms with E-state index in [1.54, 1.807) is 0 Å². The van der Waals surface area contributed by atoms with Crippen molar-refractivity contribution in [2.24, 2.45) is 0 Å². The van der Waals surface area contributed by atoms with Crippen LogP contribution >= 0.6 is 7.82 Å². The van der Waals surface area contributed by atoms with E-state index < -0.39 is 20.0 Å². The topological polar surface area (TPSA) is 111 Å². The summed E-state index contributed by atoms with van der Waals surface area (Å²) in [6.07, 6.45) is 85.8. The van der Waals surface area contributed by atoms with Gasteiger partial charge in [-0.1, -0.05) is 292 Å². The first kappa shape index (κ1) is 82.2. The maximum atomic E-state index is 13.6. The number of phosphoric ester groups is 1. The smallest absolute Gasteiger partial charge is 0.456 e. The van der Waals surface area contributed by atoms with Crippen LogP contribution in [0.5, 0.6) is 0 Å². The van der Waals surface area contributed by atoms with Crippen molar-refractivity contribution in [3.8, 4) is 0 Å². The number of carbonyl (C=O) groups is 2. The van der Waals surface area contributed by atoms with E-state index in [0.29, 0.717) is 17.4 Å². The van der Waals surface area contributed by atoms with Gasteiger partial charge < -0.3 is 19.4 Å². The number of rotatable bonds is 65. The van der Waals surface area contributed by atoms with Gasteiger partial charge in [0, 0.05) is 12.8 Å². The van der Waals surface area contributed by atoms with Crippen molar-refractivity contribution in [2.45, 2.75) is 341 Å². The van der Waals surface area contributed by atoms with Crippen molar-refractivity contribution in [2.75, 3.05) is 40.9 Å². The van der Waals surface area contributed by atoms with E-state index in [4.69, 9.17) is 13.8 Å². The van der Waals surface area contributed by atoms with Gasteiger partial charge in [-0.25, -0.2) is 4.57 Å². The number of unbranched alkanes of at least 4 members (excludes halogenated alkanes) is 37. The second kappa shape index (κ2) is 64.2. The Morgan fingerprint density at radius 2 is 0.718 bits per heavy atom. The Morgan fingerprint density at radius 1 is 0.412 bits per heavy atom. The molecular formula is C75H138N2O7P+. The highest BCUT2D eigenvalue weighted by Gasteiger charge is 2.30. The van der Waals surface area contributed by atoms with Crippen LogP contribution in [0.2, 0.25) is 0 Å². The lowest BCUT2D eigenvalue weighted by Gasteiger charge is -2.27. The number of quaternary nitrogens is 1. The Hall–Kier alpha value is -2.81. The Balaban J connectivity index is 5.09. The molecule has 0 spiro atoms. The van der Waals surface area contributed by atoms with E-state index in [1.165, 1.54) is 205 Å². The standard InChI is InChI=1S/C75H137N2O7P/c1-7-10-13-16-19-22-25-28-30-32-34-35-36-37-38-39-40-41-43-45-47-50-53-56-59-62-65-68-75(79)84-73(66-63-60-57-54-51-48-27-24-21-18-15-12-9-3)72(71-83-85(80,81)82-70-69-77(4,5)6)76-74(78)67-64-61-58-55-52-49-46-44-42-33-31-29-26-23-20-17-14-11-8-2/h19-20,22-23,28-31,34-35,37-38,63,66,72-73H,7-18,21,24-27,32-33,36,39-62,64-65,67-71H2,1-6H3,(H-,76,78,80,81)/p+1/b22-19-,23-20-,30-28-,31-29-,35-34-,38-37-,66-63-. The fraction of sp³-hybridized carbons (Fsp3) is 0.787. The summed E-state index contributed by atoms with van der Waals surface area (Å²) in [6.45, 7) is 6.99. The number of esters is 1. The second-order valence-corrected chi connectivity index (χ2v) is 26.9. The normalized spacial score (nSPS) is 14.0. The average Bonchev–Trinajstić information content (AvgIpc) is 3.50. The largest absolute Gasteiger partial charge is 0.472 e. The highest BCUT2D eigenvalue weighted by atomic mass is 31.2. The number of ether oxygens (including phenoxy) is 1. The van der Waals surface area contributed by atoms with Crippen LogP contribution in [0.3, 0.4) is 0 Å². The van der Waals surface area contributed by atoms with Crippen molar-refractivity contribution in [3.63, 3.8) is 0 Å². The predicted octanol–water partition coefficient (Wildman–Crippen LogP) is 22.9. The van der Waals surface area contributed by atoms with Crippen LogP contribution in [0, 0.1) is 0 Å². The van der Waals surface area contributed by atoms with Gasteiger partial charge in [-0.05, 0) is 109 Å². The molecule has 0 aromatic heterocycles. The van der Waals surface area contributed by atoms with Gasteiger partial charge in [0.25, 0.3) is 0 Å². The quantitative estimate of drug-likeness (QED) is 0.0205. The van der Waals surface area contributed by atoms with Crippen molar-refractivity contribution in [1.82, 2.24) is 5.32 Å². The van der Waals surface area contributed by atoms with E-state index in [1.807, 2.05) is 33.3 Å². The number of phosphoric acid groups is 1. The zero-order valence-electron chi connectivity index (χ0n) is 56.6. The predicted molar refractivity (Wildman–Crippen MR) is 369 cm³/mol. The first-order chi connectivity index (χ1) is 41.4. The molecule has 1 amide bonds. The maximum absolute atomic E-state index is 13.6. The van der Waals surface area contributed by atoms with Crippen LogP contribution in [-0.2, 0) is 27.9 Å². The van der Waals surface area contributed by atoms with E-state index in [9.17, 15) is 19.0 Å². The van der Waals surface area contributed by atoms with Gasteiger partial charge in [-0.3, -0.25) is 18.6 Å². The van der Waals surface area contributed by atoms with Gasteiger partial charge >= 0.3 is 13.8 Å². The van der Waals surface area contributed by atoms with Crippen LogP contribution < -0.4 is 5.32 Å². The second-order valence-electron chi connectivity index (χ2n) is 25.4. The van der Waals surface area contributed by atoms with E-state index in [-0.39, 0.29) is 31.5 Å². The minimum Gasteiger partial charge on any atom is -0.456 e. The molecule has 3 atom stereocenters. The van der Waals surface area contributed by atoms with E-state index in [0.717, 1.165) is 89.9 Å². The van der Waals surface area contributed by atoms with Crippen LogP contribution in [0.15, 0.2) is 85.1 Å². The fourth-order valence-corrected chi connectivity index (χ4v) is 11.0. The lowest BCUT2D eigenvalue weighted by Crippen LogP contribution is -2.47. The first-order valence-corrected chi connectivity index (χ1v) is 37.4. The Morgan fingerprint density at radius 3 is 1.09 bits per heavy atom. The zero-order chi connectivity index (χ0) is 62.1. The summed E-state index contributed by atoms with van der Waals surface area (Å²) < 4.78 is 30.8. The molecule has 0 aromatic rings. The summed E-state index contributed by atoms with van der Waals surface area (Å²) in [6, 6.07) is -0.856. The third kappa shape index (κ3) is 65.5. The summed E-state index contributed by atoms with van der Waals surface area (Å²) >= 11 is 0. The molecule has 0 saturated carbocycles. The zero-order valence-corrected chi connectivity index (χ0v) is 57.5. The molecule has 2 N–H and O–H groups in total. The molecule has 3 unspecified atom stereocenters. The molecule has 0 aromatic carbocycles. The molecule has 10 heteroatoms. The minimum absolute atomic E-state index is 0.0367. The maximum Gasteiger partial charge on any atom is 0.472 e. The fourth-order valence-electron chi connectivity index (χ4n) is 10.2. The van der Waals surface area contributed by atoms with Crippen LogP contribution in [0.1, 0.15) is 329 Å². The summed E-state index contributed by atoms with van der Waals surface area (Å²) in [5.41, 5.74) is 0. The average molecular weight is 1210 g/mol. The lowest BCUT2D eigenvalue weighted by atomic mass is 10.0. The third-order valence-electron chi connectivity index (χ3n) is 15.8. The van der Waals surface area contributed by atoms with Crippen LogP contribution in [0.4, 0.5) is 0 Å². The molecule has 0 aliphatic carbocycles. The van der Waals surface area contributed by atoms with Gasteiger partial charge in [-0.15, -0.1) is 0 Å². The Bertz CT molecular complexity index is 1730. The van der Waals surface area contributed by atoms with Gasteiger partial charge in [0.15, 0.2) is 0 Å².